The summed E-state index contributed by atoms with van der Waals surface area (Å²) >= 11 is 5.99. The van der Waals surface area contributed by atoms with Gasteiger partial charge in [0.1, 0.15) is 17.4 Å². The van der Waals surface area contributed by atoms with Gasteiger partial charge in [-0.3, -0.25) is 9.36 Å². The Morgan fingerprint density at radius 1 is 0.909 bits per heavy atom. The van der Waals surface area contributed by atoms with E-state index < -0.39 is 5.82 Å². The summed E-state index contributed by atoms with van der Waals surface area (Å²) in [5.41, 5.74) is 1.30. The highest BCUT2D eigenvalue weighted by molar-refractivity contribution is 6.30. The Hall–Kier alpha value is -3.84. The van der Waals surface area contributed by atoms with Gasteiger partial charge in [0.05, 0.1) is 42.9 Å². The average molecular weight is 467 g/mol. The zero-order chi connectivity index (χ0) is 23.5. The Balaban J connectivity index is 1.93. The lowest BCUT2D eigenvalue weighted by Crippen LogP contribution is -2.22. The second kappa shape index (κ2) is 9.34. The van der Waals surface area contributed by atoms with Crippen molar-refractivity contribution in [2.75, 3.05) is 21.3 Å². The Morgan fingerprint density at radius 3 is 2.30 bits per heavy atom. The van der Waals surface area contributed by atoms with Crippen LogP contribution in [-0.4, -0.2) is 30.9 Å². The molecule has 0 amide bonds. The van der Waals surface area contributed by atoms with Crippen molar-refractivity contribution in [1.29, 1.82) is 0 Å². The molecule has 1 heterocycles. The van der Waals surface area contributed by atoms with Crippen molar-refractivity contribution in [2.45, 2.75) is 0 Å². The van der Waals surface area contributed by atoms with E-state index in [-0.39, 0.29) is 10.6 Å². The molecule has 0 N–H and O–H groups in total. The van der Waals surface area contributed by atoms with E-state index in [0.29, 0.717) is 45.2 Å². The number of methoxy groups -OCH3 is 3. The summed E-state index contributed by atoms with van der Waals surface area (Å²) in [6, 6.07) is 14.6. The first-order valence-corrected chi connectivity index (χ1v) is 10.3. The van der Waals surface area contributed by atoms with E-state index in [0.717, 1.165) is 0 Å². The van der Waals surface area contributed by atoms with E-state index in [1.807, 2.05) is 0 Å². The molecule has 6 nitrogen and oxygen atoms in total. The van der Waals surface area contributed by atoms with Gasteiger partial charge < -0.3 is 14.2 Å². The number of ether oxygens (including phenoxy) is 3. The molecular formula is C25H20ClFN2O4. The van der Waals surface area contributed by atoms with Crippen LogP contribution in [0.25, 0.3) is 28.7 Å². The summed E-state index contributed by atoms with van der Waals surface area (Å²) < 4.78 is 31.3. The third-order valence-corrected chi connectivity index (χ3v) is 5.40. The second-order valence-corrected chi connectivity index (χ2v) is 7.42. The lowest BCUT2D eigenvalue weighted by atomic mass is 10.1. The molecule has 3 aromatic carbocycles. The molecule has 0 aliphatic rings. The Labute approximate surface area is 194 Å². The van der Waals surface area contributed by atoms with Crippen LogP contribution in [0.1, 0.15) is 11.4 Å². The number of halogens is 2. The fourth-order valence-electron chi connectivity index (χ4n) is 3.48. The minimum absolute atomic E-state index is 0.0935. The predicted molar refractivity (Wildman–Crippen MR) is 127 cm³/mol. The van der Waals surface area contributed by atoms with Crippen molar-refractivity contribution >= 4 is 34.7 Å². The van der Waals surface area contributed by atoms with E-state index in [2.05, 4.69) is 4.98 Å². The standard InChI is InChI=1S/C25H20ClFN2O4/c1-31-21-14-23(33-3)22(32-2)12-15(21)8-11-24-28-20-7-5-4-6-17(20)25(30)29(24)16-9-10-19(27)18(26)13-16/h4-14H,1-3H3. The molecule has 0 atom stereocenters. The molecule has 4 rings (SSSR count). The summed E-state index contributed by atoms with van der Waals surface area (Å²) in [5.74, 6) is 1.34. The molecule has 0 aliphatic heterocycles. The number of rotatable bonds is 6. The Bertz CT molecular complexity index is 1430. The largest absolute Gasteiger partial charge is 0.496 e. The zero-order valence-electron chi connectivity index (χ0n) is 18.1. The SMILES string of the molecule is COc1cc(OC)c(OC)cc1C=Cc1nc2ccccc2c(=O)n1-c1ccc(F)c(Cl)c1. The number of para-hydroxylation sites is 1. The summed E-state index contributed by atoms with van der Waals surface area (Å²) in [6.07, 6.45) is 3.42. The fraction of sp³-hybridized carbons (Fsp3) is 0.120. The minimum atomic E-state index is -0.575. The normalized spacial score (nSPS) is 11.2. The van der Waals surface area contributed by atoms with Crippen LogP contribution in [0, 0.1) is 5.82 Å². The minimum Gasteiger partial charge on any atom is -0.496 e. The lowest BCUT2D eigenvalue weighted by molar-refractivity contribution is 0.348. The van der Waals surface area contributed by atoms with Crippen molar-refractivity contribution in [3.8, 4) is 22.9 Å². The summed E-state index contributed by atoms with van der Waals surface area (Å²) in [6.45, 7) is 0. The van der Waals surface area contributed by atoms with Gasteiger partial charge in [-0.15, -0.1) is 0 Å². The van der Waals surface area contributed by atoms with E-state index in [1.54, 1.807) is 69.9 Å². The molecule has 1 aromatic heterocycles. The molecule has 0 aliphatic carbocycles. The number of hydrogen-bond acceptors (Lipinski definition) is 5. The van der Waals surface area contributed by atoms with Crippen molar-refractivity contribution in [1.82, 2.24) is 9.55 Å². The highest BCUT2D eigenvalue weighted by Gasteiger charge is 2.14. The average Bonchev–Trinajstić information content (AvgIpc) is 2.84. The van der Waals surface area contributed by atoms with Gasteiger partial charge in [0.25, 0.3) is 5.56 Å². The first-order chi connectivity index (χ1) is 16.0. The summed E-state index contributed by atoms with van der Waals surface area (Å²) in [5, 5.41) is 0.336. The van der Waals surface area contributed by atoms with Crippen LogP contribution in [0.4, 0.5) is 4.39 Å². The van der Waals surface area contributed by atoms with E-state index in [9.17, 15) is 9.18 Å². The van der Waals surface area contributed by atoms with Gasteiger partial charge in [0.2, 0.25) is 0 Å². The van der Waals surface area contributed by atoms with Gasteiger partial charge in [-0.2, -0.15) is 0 Å². The second-order valence-electron chi connectivity index (χ2n) is 7.01. The topological polar surface area (TPSA) is 62.6 Å². The number of benzene rings is 3. The Morgan fingerprint density at radius 2 is 1.61 bits per heavy atom. The third-order valence-electron chi connectivity index (χ3n) is 5.11. The lowest BCUT2D eigenvalue weighted by Gasteiger charge is -2.13. The van der Waals surface area contributed by atoms with Crippen molar-refractivity contribution in [2.24, 2.45) is 0 Å². The predicted octanol–water partition coefficient (Wildman–Crippen LogP) is 5.37. The maximum atomic E-state index is 13.8. The highest BCUT2D eigenvalue weighted by Crippen LogP contribution is 2.35. The van der Waals surface area contributed by atoms with E-state index >= 15 is 0 Å². The van der Waals surface area contributed by atoms with Crippen molar-refractivity contribution in [3.63, 3.8) is 0 Å². The molecular weight excluding hydrogens is 447 g/mol. The molecule has 0 saturated heterocycles. The van der Waals surface area contributed by atoms with Gasteiger partial charge in [-0.1, -0.05) is 23.7 Å². The number of fused-ring (bicyclic) bond motifs is 1. The molecule has 33 heavy (non-hydrogen) atoms. The number of aromatic nitrogens is 2. The summed E-state index contributed by atoms with van der Waals surface area (Å²) in [4.78, 5) is 18.0. The smallest absolute Gasteiger partial charge is 0.266 e. The van der Waals surface area contributed by atoms with Crippen LogP contribution in [-0.2, 0) is 0 Å². The number of hydrogen-bond donors (Lipinski definition) is 0. The van der Waals surface area contributed by atoms with Gasteiger partial charge in [0.15, 0.2) is 11.5 Å². The van der Waals surface area contributed by atoms with Crippen LogP contribution in [0.15, 0.2) is 59.4 Å². The first-order valence-electron chi connectivity index (χ1n) is 9.92. The van der Waals surface area contributed by atoms with E-state index in [1.165, 1.54) is 22.8 Å². The van der Waals surface area contributed by atoms with Crippen LogP contribution in [0.2, 0.25) is 5.02 Å². The van der Waals surface area contributed by atoms with E-state index in [4.69, 9.17) is 25.8 Å². The molecule has 8 heteroatoms. The quantitative estimate of drug-likeness (QED) is 0.382. The highest BCUT2D eigenvalue weighted by atomic mass is 35.5. The van der Waals surface area contributed by atoms with Gasteiger partial charge in [-0.25, -0.2) is 9.37 Å². The van der Waals surface area contributed by atoms with Crippen LogP contribution in [0.5, 0.6) is 17.2 Å². The monoisotopic (exact) mass is 466 g/mol. The summed E-state index contributed by atoms with van der Waals surface area (Å²) in [7, 11) is 4.63. The van der Waals surface area contributed by atoms with Crippen molar-refractivity contribution in [3.05, 3.63) is 87.2 Å². The molecule has 0 spiro atoms. The molecule has 0 radical (unpaired) electrons. The molecule has 0 saturated carbocycles. The molecule has 4 aromatic rings. The van der Waals surface area contributed by atoms with Crippen molar-refractivity contribution < 1.29 is 18.6 Å². The Kier molecular flexibility index (Phi) is 6.33. The molecule has 168 valence electrons. The van der Waals surface area contributed by atoms with Crippen LogP contribution >= 0.6 is 11.6 Å². The van der Waals surface area contributed by atoms with Gasteiger partial charge in [-0.05, 0) is 48.6 Å². The fourth-order valence-corrected chi connectivity index (χ4v) is 3.66. The zero-order valence-corrected chi connectivity index (χ0v) is 18.9. The molecule has 0 fully saturated rings. The maximum Gasteiger partial charge on any atom is 0.266 e. The van der Waals surface area contributed by atoms with Gasteiger partial charge in [0, 0.05) is 11.6 Å². The third kappa shape index (κ3) is 4.27. The van der Waals surface area contributed by atoms with Gasteiger partial charge >= 0.3 is 0 Å². The first kappa shape index (κ1) is 22.4. The molecule has 0 unspecified atom stereocenters. The van der Waals surface area contributed by atoms with Crippen LogP contribution < -0.4 is 19.8 Å². The maximum absolute atomic E-state index is 13.8. The van der Waals surface area contributed by atoms with Crippen LogP contribution in [0.3, 0.4) is 0 Å². The number of nitrogens with zero attached hydrogens (tertiary/aromatic N) is 2. The molecule has 0 bridgehead atoms.